The van der Waals surface area contributed by atoms with Crippen molar-refractivity contribution in [2.24, 2.45) is 0 Å². The van der Waals surface area contributed by atoms with Gasteiger partial charge in [0.05, 0.1) is 16.5 Å². The predicted molar refractivity (Wildman–Crippen MR) is 303 cm³/mol. The van der Waals surface area contributed by atoms with Crippen LogP contribution < -0.4 is 4.90 Å². The second kappa shape index (κ2) is 16.1. The van der Waals surface area contributed by atoms with Gasteiger partial charge in [-0.05, 0) is 136 Å². The third-order valence-corrected chi connectivity index (χ3v) is 16.4. The Morgan fingerprint density at radius 3 is 1.38 bits per heavy atom. The van der Waals surface area contributed by atoms with Gasteiger partial charge < -0.3 is 4.90 Å². The van der Waals surface area contributed by atoms with E-state index < -0.39 is 10.8 Å². The lowest BCUT2D eigenvalue weighted by Gasteiger charge is -2.35. The molecule has 0 aromatic heterocycles. The number of fused-ring (bicyclic) bond motifs is 15. The lowest BCUT2D eigenvalue weighted by molar-refractivity contribution is 0.768. The summed E-state index contributed by atoms with van der Waals surface area (Å²) < 4.78 is 0. The molecule has 0 saturated heterocycles. The van der Waals surface area contributed by atoms with Gasteiger partial charge in [0.15, 0.2) is 0 Å². The zero-order chi connectivity index (χ0) is 48.1. The molecular weight excluding hydrogens is 879 g/mol. The van der Waals surface area contributed by atoms with Gasteiger partial charge in [0.2, 0.25) is 0 Å². The van der Waals surface area contributed by atoms with Crippen LogP contribution in [0.3, 0.4) is 0 Å². The molecule has 0 radical (unpaired) electrons. The van der Waals surface area contributed by atoms with Crippen molar-refractivity contribution in [1.29, 1.82) is 0 Å². The molecule has 1 nitrogen and oxygen atoms in total. The fraction of sp³-hybridized carbons (Fsp3) is 0.0278. The first-order chi connectivity index (χ1) is 36.2. The van der Waals surface area contributed by atoms with Crippen molar-refractivity contribution in [3.63, 3.8) is 0 Å². The summed E-state index contributed by atoms with van der Waals surface area (Å²) in [7, 11) is 0. The van der Waals surface area contributed by atoms with E-state index in [9.17, 15) is 0 Å². The molecule has 0 bridgehead atoms. The van der Waals surface area contributed by atoms with Gasteiger partial charge in [-0.3, -0.25) is 0 Å². The Kier molecular flexibility index (Phi) is 9.16. The molecule has 3 aliphatic carbocycles. The van der Waals surface area contributed by atoms with Gasteiger partial charge in [0.1, 0.15) is 0 Å². The molecule has 0 fully saturated rings. The van der Waals surface area contributed by atoms with Crippen LogP contribution in [0.5, 0.6) is 0 Å². The molecule has 0 amide bonds. The molecule has 1 heteroatoms. The normalized spacial score (nSPS) is 16.3. The largest absolute Gasteiger partial charge is 0.310 e. The Morgan fingerprint density at radius 1 is 0.247 bits per heavy atom. The van der Waals surface area contributed by atoms with Crippen molar-refractivity contribution < 1.29 is 0 Å². The molecule has 12 aromatic rings. The summed E-state index contributed by atoms with van der Waals surface area (Å²) in [5, 5.41) is 2.55. The molecule has 0 N–H and O–H groups in total. The van der Waals surface area contributed by atoms with Crippen LogP contribution in [-0.4, -0.2) is 0 Å². The number of nitrogens with zero attached hydrogens (tertiary/aromatic N) is 1. The molecule has 0 aliphatic heterocycles. The summed E-state index contributed by atoms with van der Waals surface area (Å²) >= 11 is 0. The van der Waals surface area contributed by atoms with Crippen molar-refractivity contribution in [3.8, 4) is 55.6 Å². The number of benzene rings is 12. The number of rotatable bonds is 7. The molecule has 1 spiro atoms. The van der Waals surface area contributed by atoms with Crippen molar-refractivity contribution >= 4 is 27.8 Å². The van der Waals surface area contributed by atoms with Gasteiger partial charge in [-0.1, -0.05) is 255 Å². The smallest absolute Gasteiger partial charge is 0.0726 e. The van der Waals surface area contributed by atoms with E-state index in [1.807, 2.05) is 0 Å². The van der Waals surface area contributed by atoms with Gasteiger partial charge in [0, 0.05) is 16.9 Å². The average molecular weight is 926 g/mol. The monoisotopic (exact) mass is 925 g/mol. The minimum Gasteiger partial charge on any atom is -0.310 e. The van der Waals surface area contributed by atoms with Crippen molar-refractivity contribution in [3.05, 3.63) is 330 Å². The van der Waals surface area contributed by atoms with Gasteiger partial charge in [-0.2, -0.15) is 0 Å². The van der Waals surface area contributed by atoms with E-state index in [1.54, 1.807) is 0 Å². The van der Waals surface area contributed by atoms with Gasteiger partial charge in [0.25, 0.3) is 0 Å². The van der Waals surface area contributed by atoms with Crippen LogP contribution in [0.15, 0.2) is 285 Å². The highest BCUT2D eigenvalue weighted by Gasteiger charge is 2.53. The van der Waals surface area contributed by atoms with E-state index >= 15 is 0 Å². The highest BCUT2D eigenvalue weighted by atomic mass is 15.1. The maximum absolute atomic E-state index is 2.54. The van der Waals surface area contributed by atoms with E-state index in [0.717, 1.165) is 17.1 Å². The molecule has 3 aliphatic rings. The first-order valence-corrected chi connectivity index (χ1v) is 25.5. The first-order valence-electron chi connectivity index (χ1n) is 25.5. The minimum atomic E-state index is -0.601. The maximum atomic E-state index is 2.54. The molecule has 73 heavy (non-hydrogen) atoms. The summed E-state index contributed by atoms with van der Waals surface area (Å²) in [4.78, 5) is 2.54. The highest BCUT2D eigenvalue weighted by Crippen LogP contribution is 2.66. The van der Waals surface area contributed by atoms with E-state index in [2.05, 4.69) is 290 Å². The zero-order valence-electron chi connectivity index (χ0n) is 40.1. The fourth-order valence-corrected chi connectivity index (χ4v) is 13.4. The summed E-state index contributed by atoms with van der Waals surface area (Å²) in [6, 6.07) is 107. The minimum absolute atomic E-state index is 0.519. The molecule has 0 heterocycles. The third kappa shape index (κ3) is 5.85. The van der Waals surface area contributed by atoms with Crippen molar-refractivity contribution in [1.82, 2.24) is 0 Å². The van der Waals surface area contributed by atoms with Crippen LogP contribution in [0.25, 0.3) is 66.4 Å². The Balaban J connectivity index is 1.00. The van der Waals surface area contributed by atoms with Crippen LogP contribution >= 0.6 is 0 Å². The quantitative estimate of drug-likeness (QED) is 0.154. The first kappa shape index (κ1) is 41.5. The van der Waals surface area contributed by atoms with Gasteiger partial charge in [-0.25, -0.2) is 0 Å². The Hall–Kier alpha value is -9.30. The summed E-state index contributed by atoms with van der Waals surface area (Å²) in [6.07, 6.45) is 0. The molecule has 2 unspecified atom stereocenters. The number of anilines is 3. The van der Waals surface area contributed by atoms with Crippen molar-refractivity contribution in [2.75, 3.05) is 4.90 Å². The van der Waals surface area contributed by atoms with E-state index in [-0.39, 0.29) is 0 Å². The average Bonchev–Trinajstić information content (AvgIpc) is 4.18. The molecular formula is C72H47N. The van der Waals surface area contributed by atoms with E-state index in [4.69, 9.17) is 0 Å². The van der Waals surface area contributed by atoms with E-state index in [0.29, 0.717) is 0 Å². The molecule has 340 valence electrons. The zero-order valence-corrected chi connectivity index (χ0v) is 40.1. The second-order valence-electron chi connectivity index (χ2n) is 19.8. The molecule has 12 aromatic carbocycles. The SMILES string of the molecule is c1ccc(-c2ccc(N(c3ccc4c(c3)C(c3ccccc3)(c3ccc(-c5ccccc5)cc3)c3ccccc3-4)c3cccc4c3-c3ccccc3C43c4ccccc4-c4c3ccc3ccccc43)cc2)cc1. The standard InChI is InChI=1S/C72H47N/c1-4-19-48(20-5-1)50-35-40-54(41-36-50)71(53-24-8-3-9-25-53)62-30-15-12-27-58(62)59-45-44-56(47-67(59)71)73(55-42-37-51(38-43-55)49-21-6-2-7-22-49)68-34-18-33-65-70(68)61-29-14-17-32-64(61)72(65)63-31-16-13-28-60(63)69-57-26-11-10-23-52(57)39-46-66(69)72/h1-47H. The molecule has 2 atom stereocenters. The lowest BCUT2D eigenvalue weighted by Crippen LogP contribution is -2.28. The van der Waals surface area contributed by atoms with Crippen LogP contribution in [0, 0.1) is 0 Å². The van der Waals surface area contributed by atoms with Crippen molar-refractivity contribution in [2.45, 2.75) is 10.8 Å². The Morgan fingerprint density at radius 2 is 0.712 bits per heavy atom. The van der Waals surface area contributed by atoms with Crippen LogP contribution in [0.2, 0.25) is 0 Å². The highest BCUT2D eigenvalue weighted by molar-refractivity contribution is 6.08. The molecule has 15 rings (SSSR count). The van der Waals surface area contributed by atoms with Crippen LogP contribution in [0.4, 0.5) is 17.1 Å². The van der Waals surface area contributed by atoms with Crippen LogP contribution in [0.1, 0.15) is 44.5 Å². The summed E-state index contributed by atoms with van der Waals surface area (Å²) in [5.41, 5.74) is 25.1. The Labute approximate surface area is 426 Å². The van der Waals surface area contributed by atoms with Crippen LogP contribution in [-0.2, 0) is 10.8 Å². The summed E-state index contributed by atoms with van der Waals surface area (Å²) in [6.45, 7) is 0. The third-order valence-electron chi connectivity index (χ3n) is 16.4. The summed E-state index contributed by atoms with van der Waals surface area (Å²) in [5.74, 6) is 0. The lowest BCUT2D eigenvalue weighted by atomic mass is 9.67. The maximum Gasteiger partial charge on any atom is 0.0726 e. The fourth-order valence-electron chi connectivity index (χ4n) is 13.4. The van der Waals surface area contributed by atoms with E-state index in [1.165, 1.54) is 111 Å². The van der Waals surface area contributed by atoms with Gasteiger partial charge in [-0.15, -0.1) is 0 Å². The van der Waals surface area contributed by atoms with Gasteiger partial charge >= 0.3 is 0 Å². The predicted octanol–water partition coefficient (Wildman–Crippen LogP) is 18.4. The number of hydrogen-bond donors (Lipinski definition) is 0. The topological polar surface area (TPSA) is 3.24 Å². The Bertz CT molecular complexity index is 4120. The number of hydrogen-bond acceptors (Lipinski definition) is 1. The molecule has 0 saturated carbocycles. The second-order valence-corrected chi connectivity index (χ2v) is 19.8.